The Balaban J connectivity index is 1.75. The number of benzene rings is 1. The second-order valence-electron chi connectivity index (χ2n) is 5.80. The maximum atomic E-state index is 12.8. The Kier molecular flexibility index (Phi) is 4.91. The van der Waals surface area contributed by atoms with Crippen molar-refractivity contribution in [3.8, 4) is 6.07 Å². The van der Waals surface area contributed by atoms with E-state index in [4.69, 9.17) is 4.84 Å². The van der Waals surface area contributed by atoms with Gasteiger partial charge in [-0.05, 0) is 26.0 Å². The standard InChI is InChI=1S/C18H19N5O2/c1-13-11-17(21-14(2)20-13)23-8-7-22(9-10-25-23)18(24)16-6-4-3-5-15(16)12-19/h3-6,11H,7-10H2,1-2H3. The highest BCUT2D eigenvalue weighted by atomic mass is 16.7. The summed E-state index contributed by atoms with van der Waals surface area (Å²) in [5, 5.41) is 10.9. The lowest BCUT2D eigenvalue weighted by Gasteiger charge is -2.22. The largest absolute Gasteiger partial charge is 0.334 e. The predicted octanol–water partition coefficient (Wildman–Crippen LogP) is 1.86. The number of hydrogen-bond donors (Lipinski definition) is 0. The van der Waals surface area contributed by atoms with E-state index in [9.17, 15) is 10.1 Å². The topological polar surface area (TPSA) is 82.4 Å². The molecule has 25 heavy (non-hydrogen) atoms. The third-order valence-electron chi connectivity index (χ3n) is 3.95. The van der Waals surface area contributed by atoms with Gasteiger partial charge in [-0.2, -0.15) is 5.26 Å². The van der Waals surface area contributed by atoms with Gasteiger partial charge in [-0.15, -0.1) is 0 Å². The SMILES string of the molecule is Cc1cc(N2CCN(C(=O)c3ccccc3C#N)CCO2)nc(C)n1. The van der Waals surface area contributed by atoms with Gasteiger partial charge in [-0.3, -0.25) is 9.63 Å². The molecule has 2 aromatic rings. The number of aryl methyl sites for hydroxylation is 2. The lowest BCUT2D eigenvalue weighted by Crippen LogP contribution is -2.36. The van der Waals surface area contributed by atoms with Gasteiger partial charge in [-0.25, -0.2) is 15.0 Å². The molecular formula is C18H19N5O2. The first-order chi connectivity index (χ1) is 12.1. The van der Waals surface area contributed by atoms with Gasteiger partial charge in [0.05, 0.1) is 30.3 Å². The second kappa shape index (κ2) is 7.28. The fraction of sp³-hybridized carbons (Fsp3) is 0.333. The highest BCUT2D eigenvalue weighted by molar-refractivity contribution is 5.96. The molecule has 128 valence electrons. The van der Waals surface area contributed by atoms with E-state index < -0.39 is 0 Å². The molecule has 7 nitrogen and oxygen atoms in total. The predicted molar refractivity (Wildman–Crippen MR) is 91.9 cm³/mol. The summed E-state index contributed by atoms with van der Waals surface area (Å²) in [4.78, 5) is 28.9. The summed E-state index contributed by atoms with van der Waals surface area (Å²) in [5.41, 5.74) is 1.68. The van der Waals surface area contributed by atoms with Crippen LogP contribution in [0.5, 0.6) is 0 Å². The fourth-order valence-corrected chi connectivity index (χ4v) is 2.80. The number of hydrogen-bond acceptors (Lipinski definition) is 6. The number of nitriles is 1. The quantitative estimate of drug-likeness (QED) is 0.832. The van der Waals surface area contributed by atoms with Crippen LogP contribution in [0.4, 0.5) is 5.82 Å². The van der Waals surface area contributed by atoms with E-state index >= 15 is 0 Å². The summed E-state index contributed by atoms with van der Waals surface area (Å²) >= 11 is 0. The van der Waals surface area contributed by atoms with Crippen LogP contribution in [0.2, 0.25) is 0 Å². The smallest absolute Gasteiger partial charge is 0.255 e. The summed E-state index contributed by atoms with van der Waals surface area (Å²) in [6.07, 6.45) is 0. The maximum Gasteiger partial charge on any atom is 0.255 e. The molecule has 1 saturated heterocycles. The Bertz CT molecular complexity index is 810. The molecule has 1 aromatic carbocycles. The van der Waals surface area contributed by atoms with E-state index in [1.165, 1.54) is 0 Å². The molecule has 0 atom stereocenters. The average molecular weight is 337 g/mol. The van der Waals surface area contributed by atoms with Crippen LogP contribution in [0.15, 0.2) is 30.3 Å². The van der Waals surface area contributed by atoms with Crippen molar-refractivity contribution in [2.45, 2.75) is 13.8 Å². The minimum absolute atomic E-state index is 0.155. The average Bonchev–Trinajstić information content (AvgIpc) is 2.86. The number of amides is 1. The summed E-state index contributed by atoms with van der Waals surface area (Å²) in [6.45, 7) is 5.55. The van der Waals surface area contributed by atoms with E-state index in [1.54, 1.807) is 34.2 Å². The first kappa shape index (κ1) is 16.9. The summed E-state index contributed by atoms with van der Waals surface area (Å²) in [5.74, 6) is 1.22. The maximum absolute atomic E-state index is 12.8. The van der Waals surface area contributed by atoms with Crippen molar-refractivity contribution >= 4 is 11.7 Å². The first-order valence-electron chi connectivity index (χ1n) is 8.09. The van der Waals surface area contributed by atoms with Crippen LogP contribution in [0, 0.1) is 25.2 Å². The van der Waals surface area contributed by atoms with Crippen molar-refractivity contribution in [1.82, 2.24) is 14.9 Å². The van der Waals surface area contributed by atoms with Crippen LogP contribution in [-0.2, 0) is 4.84 Å². The number of hydroxylamine groups is 1. The lowest BCUT2D eigenvalue weighted by molar-refractivity contribution is 0.0730. The Morgan fingerprint density at radius 3 is 2.76 bits per heavy atom. The van der Waals surface area contributed by atoms with Gasteiger partial charge in [0.15, 0.2) is 5.82 Å². The highest BCUT2D eigenvalue weighted by Crippen LogP contribution is 2.17. The lowest BCUT2D eigenvalue weighted by atomic mass is 10.1. The Labute approximate surface area is 146 Å². The molecule has 7 heteroatoms. The summed E-state index contributed by atoms with van der Waals surface area (Å²) in [7, 11) is 0. The Morgan fingerprint density at radius 1 is 1.20 bits per heavy atom. The van der Waals surface area contributed by atoms with E-state index in [-0.39, 0.29) is 5.91 Å². The van der Waals surface area contributed by atoms with E-state index in [0.717, 1.165) is 5.69 Å². The number of rotatable bonds is 2. The van der Waals surface area contributed by atoms with Gasteiger partial charge in [0.25, 0.3) is 5.91 Å². The molecule has 0 bridgehead atoms. The Hall–Kier alpha value is -2.98. The molecule has 1 aliphatic rings. The van der Waals surface area contributed by atoms with Crippen LogP contribution in [0.1, 0.15) is 27.4 Å². The number of anilines is 1. The number of carbonyl (C=O) groups is 1. The van der Waals surface area contributed by atoms with Gasteiger partial charge in [0.1, 0.15) is 5.82 Å². The zero-order valence-corrected chi connectivity index (χ0v) is 14.3. The second-order valence-corrected chi connectivity index (χ2v) is 5.80. The summed E-state index contributed by atoms with van der Waals surface area (Å²) < 4.78 is 0. The molecule has 0 aliphatic carbocycles. The van der Waals surface area contributed by atoms with Crippen molar-refractivity contribution in [2.75, 3.05) is 31.3 Å². The minimum atomic E-state index is -0.155. The fourth-order valence-electron chi connectivity index (χ4n) is 2.80. The van der Waals surface area contributed by atoms with Crippen LogP contribution in [-0.4, -0.2) is 47.0 Å². The molecule has 2 heterocycles. The van der Waals surface area contributed by atoms with Crippen LogP contribution in [0.3, 0.4) is 0 Å². The van der Waals surface area contributed by atoms with Crippen LogP contribution in [0.25, 0.3) is 0 Å². The molecule has 1 amide bonds. The first-order valence-corrected chi connectivity index (χ1v) is 8.09. The van der Waals surface area contributed by atoms with Crippen molar-refractivity contribution in [3.05, 3.63) is 53.0 Å². The van der Waals surface area contributed by atoms with Crippen molar-refractivity contribution in [3.63, 3.8) is 0 Å². The van der Waals surface area contributed by atoms with Gasteiger partial charge in [0.2, 0.25) is 0 Å². The molecule has 1 fully saturated rings. The number of carbonyl (C=O) groups excluding carboxylic acids is 1. The highest BCUT2D eigenvalue weighted by Gasteiger charge is 2.23. The number of nitrogens with zero attached hydrogens (tertiary/aromatic N) is 5. The molecular weight excluding hydrogens is 318 g/mol. The van der Waals surface area contributed by atoms with E-state index in [1.807, 2.05) is 19.9 Å². The van der Waals surface area contributed by atoms with E-state index in [2.05, 4.69) is 16.0 Å². The zero-order chi connectivity index (χ0) is 17.8. The van der Waals surface area contributed by atoms with Gasteiger partial charge >= 0.3 is 0 Å². The third kappa shape index (κ3) is 3.75. The third-order valence-corrected chi connectivity index (χ3v) is 3.95. The molecule has 0 spiro atoms. The molecule has 0 saturated carbocycles. The van der Waals surface area contributed by atoms with Crippen molar-refractivity contribution in [1.29, 1.82) is 5.26 Å². The van der Waals surface area contributed by atoms with Crippen LogP contribution >= 0.6 is 0 Å². The van der Waals surface area contributed by atoms with E-state index in [0.29, 0.717) is 49.0 Å². The summed E-state index contributed by atoms with van der Waals surface area (Å²) in [6, 6.07) is 10.8. The molecule has 3 rings (SSSR count). The zero-order valence-electron chi connectivity index (χ0n) is 14.3. The molecule has 1 aliphatic heterocycles. The van der Waals surface area contributed by atoms with Crippen molar-refractivity contribution in [2.24, 2.45) is 0 Å². The molecule has 0 radical (unpaired) electrons. The normalized spacial score (nSPS) is 14.8. The number of aromatic nitrogens is 2. The minimum Gasteiger partial charge on any atom is -0.334 e. The molecule has 1 aromatic heterocycles. The molecule has 0 unspecified atom stereocenters. The monoisotopic (exact) mass is 337 g/mol. The van der Waals surface area contributed by atoms with Crippen LogP contribution < -0.4 is 5.06 Å². The molecule has 0 N–H and O–H groups in total. The Morgan fingerprint density at radius 2 is 2.00 bits per heavy atom. The van der Waals surface area contributed by atoms with Gasteiger partial charge in [-0.1, -0.05) is 12.1 Å². The van der Waals surface area contributed by atoms with Gasteiger partial charge in [0, 0.05) is 24.8 Å². The van der Waals surface area contributed by atoms with Crippen molar-refractivity contribution < 1.29 is 9.63 Å². The van der Waals surface area contributed by atoms with Gasteiger partial charge < -0.3 is 4.90 Å².